The molecule has 0 aliphatic carbocycles. The molecule has 0 aliphatic rings. The van der Waals surface area contributed by atoms with Crippen LogP contribution in [0.1, 0.15) is 24.1 Å². The first-order chi connectivity index (χ1) is 7.97. The first-order valence-electron chi connectivity index (χ1n) is 5.33. The van der Waals surface area contributed by atoms with E-state index in [1.54, 1.807) is 26.0 Å². The number of carbonyl (C=O) groups excluding carboxylic acids is 1. The molecule has 0 fully saturated rings. The van der Waals surface area contributed by atoms with Gasteiger partial charge in [0.1, 0.15) is 5.75 Å². The molecular formula is C12H16FNO3. The highest BCUT2D eigenvalue weighted by Gasteiger charge is 2.29. The Balaban J connectivity index is 2.91. The van der Waals surface area contributed by atoms with E-state index in [0.29, 0.717) is 0 Å². The summed E-state index contributed by atoms with van der Waals surface area (Å²) in [5.41, 5.74) is 6.63. The summed E-state index contributed by atoms with van der Waals surface area (Å²) in [6.07, 6.45) is -1.98. The van der Waals surface area contributed by atoms with Gasteiger partial charge in [-0.3, -0.25) is 0 Å². The molecule has 2 atom stereocenters. The van der Waals surface area contributed by atoms with E-state index in [9.17, 15) is 14.3 Å². The van der Waals surface area contributed by atoms with Crippen LogP contribution in [0.3, 0.4) is 0 Å². The van der Waals surface area contributed by atoms with Crippen LogP contribution in [-0.2, 0) is 9.53 Å². The Hall–Kier alpha value is -1.62. The molecule has 5 heteroatoms. The lowest BCUT2D eigenvalue weighted by molar-refractivity contribution is -0.149. The third-order valence-electron chi connectivity index (χ3n) is 2.37. The number of hydrogen-bond acceptors (Lipinski definition) is 4. The zero-order valence-electron chi connectivity index (χ0n) is 9.81. The normalized spacial score (nSPS) is 14.1. The highest BCUT2D eigenvalue weighted by molar-refractivity contribution is 5.76. The fraction of sp³-hybridized carbons (Fsp3) is 0.417. The summed E-state index contributed by atoms with van der Waals surface area (Å²) in [5.74, 6) is -1.14. The van der Waals surface area contributed by atoms with E-state index < -0.39 is 18.2 Å². The van der Waals surface area contributed by atoms with Crippen LogP contribution in [0, 0.1) is 6.92 Å². The predicted molar refractivity (Wildman–Crippen MR) is 61.3 cm³/mol. The number of alkyl halides is 1. The summed E-state index contributed by atoms with van der Waals surface area (Å²) in [7, 11) is 0. The minimum atomic E-state index is -1.98. The number of aromatic hydroxyl groups is 1. The number of phenols is 1. The van der Waals surface area contributed by atoms with Crippen molar-refractivity contribution in [3.63, 3.8) is 0 Å². The topological polar surface area (TPSA) is 72.5 Å². The van der Waals surface area contributed by atoms with E-state index in [1.807, 2.05) is 0 Å². The van der Waals surface area contributed by atoms with E-state index in [2.05, 4.69) is 4.74 Å². The number of halogens is 1. The molecule has 0 saturated carbocycles. The van der Waals surface area contributed by atoms with Crippen LogP contribution in [0.4, 0.5) is 4.39 Å². The zero-order chi connectivity index (χ0) is 13.0. The van der Waals surface area contributed by atoms with Crippen molar-refractivity contribution in [2.45, 2.75) is 26.1 Å². The molecule has 0 spiro atoms. The van der Waals surface area contributed by atoms with Gasteiger partial charge in [0.25, 0.3) is 0 Å². The van der Waals surface area contributed by atoms with Crippen molar-refractivity contribution in [1.29, 1.82) is 0 Å². The number of hydrogen-bond donors (Lipinski definition) is 2. The smallest absolute Gasteiger partial charge is 0.342 e. The van der Waals surface area contributed by atoms with Crippen molar-refractivity contribution in [2.75, 3.05) is 6.61 Å². The first-order valence-corrected chi connectivity index (χ1v) is 5.33. The second-order valence-corrected chi connectivity index (χ2v) is 3.74. The first kappa shape index (κ1) is 13.4. The molecular weight excluding hydrogens is 225 g/mol. The number of carbonyl (C=O) groups is 1. The van der Waals surface area contributed by atoms with Crippen molar-refractivity contribution in [3.05, 3.63) is 29.3 Å². The van der Waals surface area contributed by atoms with Crippen molar-refractivity contribution in [2.24, 2.45) is 5.73 Å². The van der Waals surface area contributed by atoms with E-state index in [0.717, 1.165) is 5.56 Å². The maximum absolute atomic E-state index is 13.7. The third kappa shape index (κ3) is 3.17. The zero-order valence-corrected chi connectivity index (χ0v) is 9.81. The number of nitrogens with two attached hydrogens (primary N) is 1. The number of phenolic OH excluding ortho intramolecular Hbond substituents is 1. The van der Waals surface area contributed by atoms with E-state index >= 15 is 0 Å². The van der Waals surface area contributed by atoms with E-state index in [4.69, 9.17) is 5.73 Å². The number of ether oxygens (including phenoxy) is 1. The average molecular weight is 241 g/mol. The lowest BCUT2D eigenvalue weighted by Crippen LogP contribution is -2.31. The molecule has 4 nitrogen and oxygen atoms in total. The van der Waals surface area contributed by atoms with Crippen molar-refractivity contribution < 1.29 is 19.0 Å². The third-order valence-corrected chi connectivity index (χ3v) is 2.37. The van der Waals surface area contributed by atoms with Gasteiger partial charge < -0.3 is 15.6 Å². The molecule has 0 amide bonds. The molecule has 3 N–H and O–H groups in total. The quantitative estimate of drug-likeness (QED) is 0.785. The number of rotatable bonds is 4. The Morgan fingerprint density at radius 2 is 2.24 bits per heavy atom. The molecule has 1 aromatic rings. The average Bonchev–Trinajstić information content (AvgIpc) is 2.30. The van der Waals surface area contributed by atoms with E-state index in [1.165, 1.54) is 6.07 Å². The van der Waals surface area contributed by atoms with Crippen LogP contribution < -0.4 is 5.73 Å². The Morgan fingerprint density at radius 3 is 2.82 bits per heavy atom. The molecule has 0 aromatic heterocycles. The lowest BCUT2D eigenvalue weighted by atomic mass is 10.00. The summed E-state index contributed by atoms with van der Waals surface area (Å²) in [6.45, 7) is 3.46. The largest absolute Gasteiger partial charge is 0.508 e. The van der Waals surface area contributed by atoms with Crippen LogP contribution in [0.2, 0.25) is 0 Å². The molecule has 0 radical (unpaired) electrons. The van der Waals surface area contributed by atoms with Crippen LogP contribution in [-0.4, -0.2) is 23.9 Å². The summed E-state index contributed by atoms with van der Waals surface area (Å²) < 4.78 is 18.2. The predicted octanol–water partition coefficient (Wildman–Crippen LogP) is 1.60. The second-order valence-electron chi connectivity index (χ2n) is 3.74. The van der Waals surface area contributed by atoms with Gasteiger partial charge in [-0.25, -0.2) is 9.18 Å². The molecule has 17 heavy (non-hydrogen) atoms. The highest BCUT2D eigenvalue weighted by atomic mass is 19.1. The molecule has 94 valence electrons. The van der Waals surface area contributed by atoms with Crippen LogP contribution >= 0.6 is 0 Å². The maximum atomic E-state index is 13.7. The van der Waals surface area contributed by atoms with E-state index in [-0.39, 0.29) is 17.9 Å². The SMILES string of the molecule is CCOC(=O)C(F)[C@H](N)c1cc(C)ccc1O. The Kier molecular flexibility index (Phi) is 4.45. The van der Waals surface area contributed by atoms with Gasteiger partial charge in [0, 0.05) is 5.56 Å². The lowest BCUT2D eigenvalue weighted by Gasteiger charge is -2.17. The van der Waals surface area contributed by atoms with Crippen LogP contribution in [0.25, 0.3) is 0 Å². The molecule has 1 aromatic carbocycles. The number of aryl methyl sites for hydroxylation is 1. The molecule has 1 unspecified atom stereocenters. The van der Waals surface area contributed by atoms with Gasteiger partial charge in [0.15, 0.2) is 0 Å². The molecule has 0 aliphatic heterocycles. The monoisotopic (exact) mass is 241 g/mol. The standard InChI is InChI=1S/C12H16FNO3/c1-3-17-12(16)10(13)11(14)8-6-7(2)4-5-9(8)15/h4-6,10-11,15H,3,14H2,1-2H3/t10?,11-/m1/s1. The van der Waals surface area contributed by atoms with Gasteiger partial charge in [-0.1, -0.05) is 17.7 Å². The molecule has 1 rings (SSSR count). The van der Waals surface area contributed by atoms with Crippen LogP contribution in [0.15, 0.2) is 18.2 Å². The van der Waals surface area contributed by atoms with Crippen molar-refractivity contribution in [3.8, 4) is 5.75 Å². The molecule has 0 heterocycles. The fourth-order valence-electron chi connectivity index (χ4n) is 1.47. The Bertz CT molecular complexity index is 409. The second kappa shape index (κ2) is 5.63. The maximum Gasteiger partial charge on any atom is 0.342 e. The summed E-state index contributed by atoms with van der Waals surface area (Å²) in [4.78, 5) is 11.2. The molecule has 0 bridgehead atoms. The number of benzene rings is 1. The van der Waals surface area contributed by atoms with Gasteiger partial charge in [0.05, 0.1) is 12.6 Å². The fourth-order valence-corrected chi connectivity index (χ4v) is 1.47. The van der Waals surface area contributed by atoms with Gasteiger partial charge in [-0.05, 0) is 19.9 Å². The summed E-state index contributed by atoms with van der Waals surface area (Å²) in [5, 5.41) is 9.57. The Morgan fingerprint density at radius 1 is 1.59 bits per heavy atom. The Labute approximate surface area is 99.2 Å². The summed E-state index contributed by atoms with van der Waals surface area (Å²) in [6, 6.07) is 3.41. The van der Waals surface area contributed by atoms with Crippen molar-refractivity contribution in [1.82, 2.24) is 0 Å². The van der Waals surface area contributed by atoms with Gasteiger partial charge in [-0.15, -0.1) is 0 Å². The van der Waals surface area contributed by atoms with Crippen LogP contribution in [0.5, 0.6) is 5.75 Å². The highest BCUT2D eigenvalue weighted by Crippen LogP contribution is 2.27. The van der Waals surface area contributed by atoms with Crippen molar-refractivity contribution >= 4 is 5.97 Å². The van der Waals surface area contributed by atoms with Gasteiger partial charge >= 0.3 is 5.97 Å². The number of esters is 1. The van der Waals surface area contributed by atoms with Gasteiger partial charge in [0.2, 0.25) is 6.17 Å². The summed E-state index contributed by atoms with van der Waals surface area (Å²) >= 11 is 0. The molecule has 0 saturated heterocycles. The minimum Gasteiger partial charge on any atom is -0.508 e. The minimum absolute atomic E-state index is 0.0891. The van der Waals surface area contributed by atoms with Gasteiger partial charge in [-0.2, -0.15) is 0 Å².